The Bertz CT molecular complexity index is 1040. The molecule has 0 aromatic heterocycles. The maximum Gasteiger partial charge on any atom is 0.161 e. The second-order valence-electron chi connectivity index (χ2n) is 8.14. The smallest absolute Gasteiger partial charge is 0.161 e. The number of hydrogen-bond acceptors (Lipinski definition) is 3. The van der Waals surface area contributed by atoms with E-state index in [0.717, 1.165) is 18.4 Å². The second kappa shape index (κ2) is 10.4. The fourth-order valence-electron chi connectivity index (χ4n) is 4.52. The predicted molar refractivity (Wildman–Crippen MR) is 131 cm³/mol. The van der Waals surface area contributed by atoms with Crippen molar-refractivity contribution in [1.29, 1.82) is 0 Å². The molecule has 1 aliphatic rings. The Labute approximate surface area is 192 Å². The highest BCUT2D eigenvalue weighted by Crippen LogP contribution is 2.48. The predicted octanol–water partition coefficient (Wildman–Crippen LogP) is 5.99. The summed E-state index contributed by atoms with van der Waals surface area (Å²) < 4.78 is 10.7. The molecule has 3 heteroatoms. The zero-order valence-electron chi connectivity index (χ0n) is 19.2. The van der Waals surface area contributed by atoms with Crippen molar-refractivity contribution in [2.45, 2.75) is 43.6 Å². The van der Waals surface area contributed by atoms with Gasteiger partial charge in [-0.05, 0) is 61.9 Å². The molecule has 0 saturated heterocycles. The maximum absolute atomic E-state index is 11.3. The van der Waals surface area contributed by atoms with E-state index in [1.54, 1.807) is 20.3 Å². The standard InChI is InChI=1S/C29H32O3/c1-5-7-11-24(6-2)29(25-12-9-8-10-13-25)20-18-28(30,19-21-29)17-16-23-14-15-26(31-3)27(22-23)32-4/h5-15,22,30H,1,18-21H2,2-4H3/b11-7-,24-6+. The van der Waals surface area contributed by atoms with Gasteiger partial charge in [-0.2, -0.15) is 0 Å². The number of benzene rings is 2. The normalized spacial score (nSPS) is 23.3. The monoisotopic (exact) mass is 428 g/mol. The molecule has 2 aromatic carbocycles. The van der Waals surface area contributed by atoms with E-state index in [-0.39, 0.29) is 5.41 Å². The molecule has 0 aliphatic heterocycles. The van der Waals surface area contributed by atoms with Gasteiger partial charge in [0, 0.05) is 11.0 Å². The minimum atomic E-state index is -1.02. The van der Waals surface area contributed by atoms with E-state index in [4.69, 9.17) is 9.47 Å². The molecule has 3 rings (SSSR count). The van der Waals surface area contributed by atoms with E-state index in [1.807, 2.05) is 30.3 Å². The number of hydrogen-bond donors (Lipinski definition) is 1. The summed E-state index contributed by atoms with van der Waals surface area (Å²) in [5.41, 5.74) is 2.15. The van der Waals surface area contributed by atoms with Crippen molar-refractivity contribution in [3.63, 3.8) is 0 Å². The first-order chi connectivity index (χ1) is 15.5. The largest absolute Gasteiger partial charge is 0.493 e. The third-order valence-electron chi connectivity index (χ3n) is 6.36. The van der Waals surface area contributed by atoms with Crippen LogP contribution in [0.1, 0.15) is 43.7 Å². The van der Waals surface area contributed by atoms with Crippen molar-refractivity contribution in [3.05, 3.63) is 96.1 Å². The van der Waals surface area contributed by atoms with E-state index in [2.05, 4.69) is 61.8 Å². The van der Waals surface area contributed by atoms with Crippen molar-refractivity contribution in [2.24, 2.45) is 0 Å². The Hall–Kier alpha value is -3.22. The molecule has 1 aliphatic carbocycles. The van der Waals surface area contributed by atoms with Crippen molar-refractivity contribution in [1.82, 2.24) is 0 Å². The topological polar surface area (TPSA) is 38.7 Å². The van der Waals surface area contributed by atoms with Crippen LogP contribution < -0.4 is 9.47 Å². The van der Waals surface area contributed by atoms with Crippen molar-refractivity contribution in [3.8, 4) is 23.3 Å². The summed E-state index contributed by atoms with van der Waals surface area (Å²) in [5, 5.41) is 11.3. The SMILES string of the molecule is C=C/C=C\C(=C/C)C1(c2ccccc2)CCC(O)(C#Cc2ccc(OC)c(OC)c2)CC1. The lowest BCUT2D eigenvalue weighted by molar-refractivity contribution is 0.0421. The summed E-state index contributed by atoms with van der Waals surface area (Å²) >= 11 is 0. The third kappa shape index (κ3) is 4.98. The molecule has 3 nitrogen and oxygen atoms in total. The van der Waals surface area contributed by atoms with Crippen LogP contribution in [-0.2, 0) is 5.41 Å². The van der Waals surface area contributed by atoms with Gasteiger partial charge in [0.15, 0.2) is 11.5 Å². The maximum atomic E-state index is 11.3. The number of allylic oxidation sites excluding steroid dienone is 5. The lowest BCUT2D eigenvalue weighted by atomic mass is 9.61. The Morgan fingerprint density at radius 2 is 1.69 bits per heavy atom. The molecule has 1 N–H and O–H groups in total. The highest BCUT2D eigenvalue weighted by Gasteiger charge is 2.43. The van der Waals surface area contributed by atoms with Crippen LogP contribution >= 0.6 is 0 Å². The molecule has 0 bridgehead atoms. The van der Waals surface area contributed by atoms with Gasteiger partial charge in [-0.15, -0.1) is 0 Å². The van der Waals surface area contributed by atoms with Gasteiger partial charge in [-0.25, -0.2) is 0 Å². The molecule has 0 unspecified atom stereocenters. The average molecular weight is 429 g/mol. The van der Waals surface area contributed by atoms with Crippen LogP contribution in [0.4, 0.5) is 0 Å². The number of methoxy groups -OCH3 is 2. The summed E-state index contributed by atoms with van der Waals surface area (Å²) in [6.45, 7) is 5.89. The van der Waals surface area contributed by atoms with E-state index in [1.165, 1.54) is 11.1 Å². The van der Waals surface area contributed by atoms with Gasteiger partial charge in [-0.3, -0.25) is 0 Å². The molecule has 0 atom stereocenters. The fraction of sp³-hybridized carbons (Fsp3) is 0.310. The first-order valence-corrected chi connectivity index (χ1v) is 11.0. The highest BCUT2D eigenvalue weighted by atomic mass is 16.5. The minimum absolute atomic E-state index is 0.146. The second-order valence-corrected chi connectivity index (χ2v) is 8.14. The van der Waals surface area contributed by atoms with Gasteiger partial charge in [-0.1, -0.05) is 73.1 Å². The zero-order valence-corrected chi connectivity index (χ0v) is 19.2. The molecule has 0 heterocycles. The number of ether oxygens (including phenoxy) is 2. The lowest BCUT2D eigenvalue weighted by Crippen LogP contribution is -2.41. The van der Waals surface area contributed by atoms with Crippen LogP contribution in [-0.4, -0.2) is 24.9 Å². The molecule has 1 saturated carbocycles. The first-order valence-electron chi connectivity index (χ1n) is 11.0. The van der Waals surface area contributed by atoms with Gasteiger partial charge in [0.05, 0.1) is 14.2 Å². The molecule has 166 valence electrons. The Balaban J connectivity index is 1.88. The summed E-state index contributed by atoms with van der Waals surface area (Å²) in [4.78, 5) is 0. The van der Waals surface area contributed by atoms with Crippen LogP contribution in [0.2, 0.25) is 0 Å². The zero-order chi connectivity index (χ0) is 23.0. The van der Waals surface area contributed by atoms with Crippen LogP contribution in [0.25, 0.3) is 0 Å². The van der Waals surface area contributed by atoms with Crippen molar-refractivity contribution in [2.75, 3.05) is 14.2 Å². The Morgan fingerprint density at radius 1 is 1.00 bits per heavy atom. The molecule has 0 spiro atoms. The lowest BCUT2D eigenvalue weighted by Gasteiger charge is -2.44. The Kier molecular flexibility index (Phi) is 7.62. The van der Waals surface area contributed by atoms with Gasteiger partial charge >= 0.3 is 0 Å². The van der Waals surface area contributed by atoms with Gasteiger partial charge < -0.3 is 14.6 Å². The third-order valence-corrected chi connectivity index (χ3v) is 6.36. The van der Waals surface area contributed by atoms with Crippen molar-refractivity contribution < 1.29 is 14.6 Å². The number of aliphatic hydroxyl groups is 1. The summed E-state index contributed by atoms with van der Waals surface area (Å²) in [7, 11) is 3.21. The van der Waals surface area contributed by atoms with Crippen LogP contribution in [0.15, 0.2) is 85.0 Å². The summed E-state index contributed by atoms with van der Waals surface area (Å²) in [5.74, 6) is 7.59. The molecular formula is C29H32O3. The van der Waals surface area contributed by atoms with Crippen molar-refractivity contribution >= 4 is 0 Å². The van der Waals surface area contributed by atoms with Crippen LogP contribution in [0, 0.1) is 11.8 Å². The van der Waals surface area contributed by atoms with E-state index in [0.29, 0.717) is 24.3 Å². The Morgan fingerprint density at radius 3 is 2.28 bits per heavy atom. The first kappa shape index (κ1) is 23.4. The molecule has 2 aromatic rings. The fourth-order valence-corrected chi connectivity index (χ4v) is 4.52. The van der Waals surface area contributed by atoms with Gasteiger partial charge in [0.1, 0.15) is 5.60 Å². The van der Waals surface area contributed by atoms with Gasteiger partial charge in [0.2, 0.25) is 0 Å². The van der Waals surface area contributed by atoms with E-state index >= 15 is 0 Å². The molecule has 32 heavy (non-hydrogen) atoms. The van der Waals surface area contributed by atoms with Crippen LogP contribution in [0.3, 0.4) is 0 Å². The van der Waals surface area contributed by atoms with E-state index in [9.17, 15) is 5.11 Å². The van der Waals surface area contributed by atoms with Crippen LogP contribution in [0.5, 0.6) is 11.5 Å². The van der Waals surface area contributed by atoms with E-state index < -0.39 is 5.60 Å². The summed E-state index contributed by atoms with van der Waals surface area (Å²) in [6.07, 6.45) is 10.9. The quantitative estimate of drug-likeness (QED) is 0.454. The molecule has 1 fully saturated rings. The average Bonchev–Trinajstić information content (AvgIpc) is 2.85. The number of rotatable bonds is 6. The summed E-state index contributed by atoms with van der Waals surface area (Å²) in [6, 6.07) is 16.1. The molecule has 0 radical (unpaired) electrons. The minimum Gasteiger partial charge on any atom is -0.493 e. The van der Waals surface area contributed by atoms with Gasteiger partial charge in [0.25, 0.3) is 0 Å². The molecular weight excluding hydrogens is 396 g/mol. The highest BCUT2D eigenvalue weighted by molar-refractivity contribution is 5.49. The molecule has 0 amide bonds.